The molecule has 2 aromatic carbocycles. The Morgan fingerprint density at radius 1 is 1.04 bits per heavy atom. The maximum absolute atomic E-state index is 12.2. The molecule has 2 N–H and O–H groups in total. The van der Waals surface area contributed by atoms with Gasteiger partial charge in [-0.2, -0.15) is 0 Å². The van der Waals surface area contributed by atoms with Gasteiger partial charge in [-0.15, -0.1) is 0 Å². The average Bonchev–Trinajstić information content (AvgIpc) is 3.18. The van der Waals surface area contributed by atoms with Crippen molar-refractivity contribution in [3.8, 4) is 5.75 Å². The number of benzene rings is 2. The molecule has 0 saturated heterocycles. The third kappa shape index (κ3) is 5.47. The van der Waals surface area contributed by atoms with Crippen molar-refractivity contribution in [1.82, 2.24) is 5.32 Å². The minimum Gasteiger partial charge on any atom is -0.484 e. The van der Waals surface area contributed by atoms with E-state index in [1.807, 2.05) is 25.1 Å². The Morgan fingerprint density at radius 3 is 2.67 bits per heavy atom. The molecule has 0 unspecified atom stereocenters. The SMILES string of the molecule is Cc1cccc(OCC(=O)Nc2cccc(C(=O)NCc3ccco3)c2)c1. The zero-order valence-corrected chi connectivity index (χ0v) is 14.9. The molecule has 0 fully saturated rings. The Hall–Kier alpha value is -3.54. The summed E-state index contributed by atoms with van der Waals surface area (Å²) in [5.41, 5.74) is 2.03. The van der Waals surface area contributed by atoms with Gasteiger partial charge in [0.25, 0.3) is 11.8 Å². The van der Waals surface area contributed by atoms with Gasteiger partial charge in [-0.1, -0.05) is 18.2 Å². The molecule has 3 aromatic rings. The second-order valence-electron chi connectivity index (χ2n) is 6.00. The van der Waals surface area contributed by atoms with Gasteiger partial charge in [0.1, 0.15) is 11.5 Å². The van der Waals surface area contributed by atoms with Crippen LogP contribution in [0.4, 0.5) is 5.69 Å². The highest BCUT2D eigenvalue weighted by molar-refractivity contribution is 5.97. The maximum Gasteiger partial charge on any atom is 0.262 e. The summed E-state index contributed by atoms with van der Waals surface area (Å²) in [6.07, 6.45) is 1.55. The van der Waals surface area contributed by atoms with Crippen LogP contribution < -0.4 is 15.4 Å². The van der Waals surface area contributed by atoms with E-state index >= 15 is 0 Å². The molecular formula is C21H20N2O4. The highest BCUT2D eigenvalue weighted by atomic mass is 16.5. The van der Waals surface area contributed by atoms with Gasteiger partial charge in [0.15, 0.2) is 6.61 Å². The molecule has 138 valence electrons. The van der Waals surface area contributed by atoms with Crippen LogP contribution in [-0.2, 0) is 11.3 Å². The molecule has 27 heavy (non-hydrogen) atoms. The predicted octanol–water partition coefficient (Wildman–Crippen LogP) is 3.54. The van der Waals surface area contributed by atoms with Gasteiger partial charge >= 0.3 is 0 Å². The highest BCUT2D eigenvalue weighted by Crippen LogP contribution is 2.14. The first-order chi connectivity index (χ1) is 13.1. The third-order valence-electron chi connectivity index (χ3n) is 3.77. The van der Waals surface area contributed by atoms with Gasteiger partial charge in [-0.25, -0.2) is 0 Å². The molecule has 0 aliphatic heterocycles. The van der Waals surface area contributed by atoms with E-state index in [1.54, 1.807) is 48.7 Å². The highest BCUT2D eigenvalue weighted by Gasteiger charge is 2.09. The Balaban J connectivity index is 1.53. The van der Waals surface area contributed by atoms with Crippen molar-refractivity contribution in [3.05, 3.63) is 83.8 Å². The second kappa shape index (κ2) is 8.71. The molecule has 0 radical (unpaired) electrons. The maximum atomic E-state index is 12.2. The van der Waals surface area contributed by atoms with E-state index in [1.165, 1.54) is 0 Å². The summed E-state index contributed by atoms with van der Waals surface area (Å²) in [5.74, 6) is 0.750. The van der Waals surface area contributed by atoms with Crippen LogP contribution in [0, 0.1) is 6.92 Å². The van der Waals surface area contributed by atoms with Crippen molar-refractivity contribution < 1.29 is 18.7 Å². The number of furan rings is 1. The van der Waals surface area contributed by atoms with Gasteiger partial charge < -0.3 is 19.8 Å². The summed E-state index contributed by atoms with van der Waals surface area (Å²) >= 11 is 0. The topological polar surface area (TPSA) is 80.6 Å². The van der Waals surface area contributed by atoms with Gasteiger partial charge in [-0.05, 0) is 55.0 Å². The summed E-state index contributed by atoms with van der Waals surface area (Å²) in [6.45, 7) is 2.14. The van der Waals surface area contributed by atoms with E-state index in [0.717, 1.165) is 5.56 Å². The van der Waals surface area contributed by atoms with Crippen LogP contribution in [0.2, 0.25) is 0 Å². The van der Waals surface area contributed by atoms with Crippen LogP contribution in [-0.4, -0.2) is 18.4 Å². The second-order valence-corrected chi connectivity index (χ2v) is 6.00. The molecule has 0 atom stereocenters. The van der Waals surface area contributed by atoms with Gasteiger partial charge in [0.2, 0.25) is 0 Å². The lowest BCUT2D eigenvalue weighted by Crippen LogP contribution is -2.23. The molecule has 3 rings (SSSR count). The number of hydrogen-bond acceptors (Lipinski definition) is 4. The van der Waals surface area contributed by atoms with Gasteiger partial charge in [0, 0.05) is 11.3 Å². The first kappa shape index (κ1) is 18.3. The van der Waals surface area contributed by atoms with E-state index < -0.39 is 0 Å². The monoisotopic (exact) mass is 364 g/mol. The lowest BCUT2D eigenvalue weighted by atomic mass is 10.2. The quantitative estimate of drug-likeness (QED) is 0.672. The van der Waals surface area contributed by atoms with Gasteiger partial charge in [-0.3, -0.25) is 9.59 Å². The first-order valence-electron chi connectivity index (χ1n) is 8.50. The number of hydrogen-bond donors (Lipinski definition) is 2. The zero-order valence-electron chi connectivity index (χ0n) is 14.9. The Bertz CT molecular complexity index is 919. The fourth-order valence-electron chi connectivity index (χ4n) is 2.47. The number of anilines is 1. The van der Waals surface area contributed by atoms with E-state index in [-0.39, 0.29) is 18.4 Å². The third-order valence-corrected chi connectivity index (χ3v) is 3.77. The van der Waals surface area contributed by atoms with Crippen LogP contribution in [0.1, 0.15) is 21.7 Å². The minimum atomic E-state index is -0.301. The molecule has 0 aliphatic carbocycles. The van der Waals surface area contributed by atoms with Crippen molar-refractivity contribution >= 4 is 17.5 Å². The fraction of sp³-hybridized carbons (Fsp3) is 0.143. The summed E-state index contributed by atoms with van der Waals surface area (Å²) < 4.78 is 10.7. The van der Waals surface area contributed by atoms with E-state index in [2.05, 4.69) is 10.6 Å². The number of aryl methyl sites for hydroxylation is 1. The minimum absolute atomic E-state index is 0.113. The van der Waals surface area contributed by atoms with E-state index in [0.29, 0.717) is 29.3 Å². The normalized spacial score (nSPS) is 10.3. The summed E-state index contributed by atoms with van der Waals surface area (Å²) in [5, 5.41) is 5.49. The summed E-state index contributed by atoms with van der Waals surface area (Å²) in [4.78, 5) is 24.3. The number of nitrogens with one attached hydrogen (secondary N) is 2. The average molecular weight is 364 g/mol. The van der Waals surface area contributed by atoms with Crippen molar-refractivity contribution in [1.29, 1.82) is 0 Å². The summed E-state index contributed by atoms with van der Waals surface area (Å²) in [7, 11) is 0. The number of carbonyl (C=O) groups is 2. The standard InChI is InChI=1S/C21H20N2O4/c1-15-5-2-8-18(11-15)27-14-20(24)23-17-7-3-6-16(12-17)21(25)22-13-19-9-4-10-26-19/h2-12H,13-14H2,1H3,(H,22,25)(H,23,24). The first-order valence-corrected chi connectivity index (χ1v) is 8.50. The molecule has 0 spiro atoms. The van der Waals surface area contributed by atoms with Crippen LogP contribution in [0.5, 0.6) is 5.75 Å². The molecular weight excluding hydrogens is 344 g/mol. The number of carbonyl (C=O) groups excluding carboxylic acids is 2. The van der Waals surface area contributed by atoms with E-state index in [4.69, 9.17) is 9.15 Å². The lowest BCUT2D eigenvalue weighted by molar-refractivity contribution is -0.118. The number of ether oxygens (including phenoxy) is 1. The molecule has 6 heteroatoms. The van der Waals surface area contributed by atoms with Crippen molar-refractivity contribution in [2.75, 3.05) is 11.9 Å². The zero-order chi connectivity index (χ0) is 19.1. The number of amides is 2. The Labute approximate surface area is 157 Å². The van der Waals surface area contributed by atoms with Crippen LogP contribution in [0.25, 0.3) is 0 Å². The Morgan fingerprint density at radius 2 is 1.89 bits per heavy atom. The molecule has 0 bridgehead atoms. The lowest BCUT2D eigenvalue weighted by Gasteiger charge is -2.09. The largest absolute Gasteiger partial charge is 0.484 e. The number of rotatable bonds is 7. The van der Waals surface area contributed by atoms with Crippen molar-refractivity contribution in [2.45, 2.75) is 13.5 Å². The van der Waals surface area contributed by atoms with Crippen LogP contribution in [0.3, 0.4) is 0 Å². The summed E-state index contributed by atoms with van der Waals surface area (Å²) in [6, 6.07) is 17.7. The van der Waals surface area contributed by atoms with Gasteiger partial charge in [0.05, 0.1) is 12.8 Å². The van der Waals surface area contributed by atoms with Crippen molar-refractivity contribution in [2.24, 2.45) is 0 Å². The predicted molar refractivity (Wildman–Crippen MR) is 102 cm³/mol. The molecule has 1 heterocycles. The molecule has 0 aliphatic rings. The van der Waals surface area contributed by atoms with Crippen LogP contribution in [0.15, 0.2) is 71.3 Å². The molecule has 6 nitrogen and oxygen atoms in total. The molecule has 2 amide bonds. The Kier molecular flexibility index (Phi) is 5.89. The molecule has 0 saturated carbocycles. The van der Waals surface area contributed by atoms with Crippen LogP contribution >= 0.6 is 0 Å². The van der Waals surface area contributed by atoms with Crippen molar-refractivity contribution in [3.63, 3.8) is 0 Å². The smallest absolute Gasteiger partial charge is 0.262 e. The molecule has 1 aromatic heterocycles. The van der Waals surface area contributed by atoms with E-state index in [9.17, 15) is 9.59 Å². The fourth-order valence-corrected chi connectivity index (χ4v) is 2.47.